The van der Waals surface area contributed by atoms with E-state index in [4.69, 9.17) is 9.84 Å². The number of benzene rings is 1. The number of aliphatic hydroxyl groups excluding tert-OH is 1. The van der Waals surface area contributed by atoms with Gasteiger partial charge in [-0.3, -0.25) is 0 Å². The molecule has 1 rings (SSSR count). The highest BCUT2D eigenvalue weighted by Gasteiger charge is 2.11. The summed E-state index contributed by atoms with van der Waals surface area (Å²) in [5.41, 5.74) is 2.07. The molecular formula is C15H24N2O3. The number of aryl methyl sites for hydroxylation is 1. The van der Waals surface area contributed by atoms with E-state index in [1.165, 1.54) is 0 Å². The number of hydrogen-bond acceptors (Lipinski definition) is 3. The van der Waals surface area contributed by atoms with Gasteiger partial charge in [0.1, 0.15) is 5.75 Å². The number of ether oxygens (including phenoxy) is 1. The molecule has 20 heavy (non-hydrogen) atoms. The Morgan fingerprint density at radius 3 is 2.70 bits per heavy atom. The maximum Gasteiger partial charge on any atom is 0.317 e. The minimum Gasteiger partial charge on any atom is -0.496 e. The van der Waals surface area contributed by atoms with Gasteiger partial charge < -0.3 is 20.1 Å². The first-order valence-corrected chi connectivity index (χ1v) is 6.89. The molecule has 2 amide bonds. The molecular weight excluding hydrogens is 256 g/mol. The van der Waals surface area contributed by atoms with Gasteiger partial charge in [-0.1, -0.05) is 19.1 Å². The smallest absolute Gasteiger partial charge is 0.317 e. The van der Waals surface area contributed by atoms with E-state index in [1.54, 1.807) is 12.0 Å². The monoisotopic (exact) mass is 280 g/mol. The Hall–Kier alpha value is -1.75. The van der Waals surface area contributed by atoms with Crippen molar-refractivity contribution in [2.24, 2.45) is 0 Å². The summed E-state index contributed by atoms with van der Waals surface area (Å²) in [5, 5.41) is 11.8. The highest BCUT2D eigenvalue weighted by molar-refractivity contribution is 5.74. The Bertz CT molecular complexity index is 429. The summed E-state index contributed by atoms with van der Waals surface area (Å²) in [6.45, 7) is 5.43. The molecule has 2 N–H and O–H groups in total. The van der Waals surface area contributed by atoms with Crippen LogP contribution in [-0.2, 0) is 6.54 Å². The van der Waals surface area contributed by atoms with E-state index in [2.05, 4.69) is 5.32 Å². The van der Waals surface area contributed by atoms with E-state index in [-0.39, 0.29) is 12.6 Å². The molecule has 0 radical (unpaired) electrons. The summed E-state index contributed by atoms with van der Waals surface area (Å²) in [6, 6.07) is 5.68. The predicted octanol–water partition coefficient (Wildman–Crippen LogP) is 1.92. The average Bonchev–Trinajstić information content (AvgIpc) is 2.44. The van der Waals surface area contributed by atoms with Crippen LogP contribution in [-0.4, -0.2) is 42.8 Å². The normalized spacial score (nSPS) is 10.2. The van der Waals surface area contributed by atoms with Gasteiger partial charge in [-0.25, -0.2) is 4.79 Å². The number of hydrogen-bond donors (Lipinski definition) is 2. The van der Waals surface area contributed by atoms with Crippen LogP contribution in [0.4, 0.5) is 4.79 Å². The highest BCUT2D eigenvalue weighted by atomic mass is 16.5. The molecule has 0 aliphatic rings. The minimum absolute atomic E-state index is 0.0188. The molecule has 5 nitrogen and oxygen atoms in total. The van der Waals surface area contributed by atoms with Crippen LogP contribution in [0.3, 0.4) is 0 Å². The third-order valence-electron chi connectivity index (χ3n) is 3.05. The quantitative estimate of drug-likeness (QED) is 0.802. The lowest BCUT2D eigenvalue weighted by Gasteiger charge is -2.21. The van der Waals surface area contributed by atoms with Gasteiger partial charge in [-0.05, 0) is 30.5 Å². The molecule has 0 aliphatic heterocycles. The topological polar surface area (TPSA) is 61.8 Å². The van der Waals surface area contributed by atoms with E-state index in [1.807, 2.05) is 32.0 Å². The van der Waals surface area contributed by atoms with Gasteiger partial charge in [0.15, 0.2) is 0 Å². The van der Waals surface area contributed by atoms with Crippen LogP contribution in [0.15, 0.2) is 18.2 Å². The number of rotatable bonds is 7. The number of amides is 2. The molecule has 5 heteroatoms. The Kier molecular flexibility index (Phi) is 6.87. The molecule has 0 saturated heterocycles. The zero-order valence-electron chi connectivity index (χ0n) is 12.5. The number of nitrogens with zero attached hydrogens (tertiary/aromatic N) is 1. The van der Waals surface area contributed by atoms with Gasteiger partial charge in [0, 0.05) is 19.6 Å². The largest absolute Gasteiger partial charge is 0.496 e. The molecule has 0 fully saturated rings. The number of carbonyl (C=O) groups is 1. The van der Waals surface area contributed by atoms with Crippen LogP contribution in [0.2, 0.25) is 0 Å². The third kappa shape index (κ3) is 4.74. The van der Waals surface area contributed by atoms with E-state index in [0.717, 1.165) is 23.3 Å². The molecule has 0 atom stereocenters. The van der Waals surface area contributed by atoms with Crippen LogP contribution < -0.4 is 10.1 Å². The van der Waals surface area contributed by atoms with Crippen molar-refractivity contribution < 1.29 is 14.6 Å². The summed E-state index contributed by atoms with van der Waals surface area (Å²) in [4.78, 5) is 13.6. The fourth-order valence-electron chi connectivity index (χ4n) is 2.05. The van der Waals surface area contributed by atoms with E-state index in [9.17, 15) is 4.79 Å². The lowest BCUT2D eigenvalue weighted by molar-refractivity contribution is 0.177. The zero-order valence-corrected chi connectivity index (χ0v) is 12.5. The van der Waals surface area contributed by atoms with Gasteiger partial charge in [0.2, 0.25) is 0 Å². The van der Waals surface area contributed by atoms with E-state index >= 15 is 0 Å². The Morgan fingerprint density at radius 1 is 1.40 bits per heavy atom. The summed E-state index contributed by atoms with van der Waals surface area (Å²) in [6.07, 6.45) is 0.870. The second-order valence-corrected chi connectivity index (χ2v) is 4.67. The van der Waals surface area contributed by atoms with Crippen molar-refractivity contribution in [3.63, 3.8) is 0 Å². The standard InChI is InChI=1S/C15H24N2O3/c1-4-7-17(8-9-18)15(19)16-11-13-5-6-14(20-3)12(2)10-13/h5-6,10,18H,4,7-9,11H2,1-3H3,(H,16,19). The van der Waals surface area contributed by atoms with E-state index in [0.29, 0.717) is 19.6 Å². The molecule has 0 bridgehead atoms. The molecule has 1 aromatic carbocycles. The number of nitrogens with one attached hydrogen (secondary N) is 1. The van der Waals surface area contributed by atoms with Gasteiger partial charge in [-0.2, -0.15) is 0 Å². The fraction of sp³-hybridized carbons (Fsp3) is 0.533. The summed E-state index contributed by atoms with van der Waals surface area (Å²) in [7, 11) is 1.64. The van der Waals surface area contributed by atoms with Crippen molar-refractivity contribution in [1.29, 1.82) is 0 Å². The van der Waals surface area contributed by atoms with Crippen LogP contribution in [0.25, 0.3) is 0 Å². The van der Waals surface area contributed by atoms with Crippen LogP contribution in [0, 0.1) is 6.92 Å². The van der Waals surface area contributed by atoms with Crippen molar-refractivity contribution in [1.82, 2.24) is 10.2 Å². The summed E-state index contributed by atoms with van der Waals surface area (Å²) < 4.78 is 5.20. The Morgan fingerprint density at radius 2 is 2.15 bits per heavy atom. The predicted molar refractivity (Wildman–Crippen MR) is 78.9 cm³/mol. The lowest BCUT2D eigenvalue weighted by Crippen LogP contribution is -2.41. The SMILES string of the molecule is CCCN(CCO)C(=O)NCc1ccc(OC)c(C)c1. The van der Waals surface area contributed by atoms with Gasteiger partial charge in [-0.15, -0.1) is 0 Å². The fourth-order valence-corrected chi connectivity index (χ4v) is 2.05. The van der Waals surface area contributed by atoms with Crippen molar-refractivity contribution in [3.05, 3.63) is 29.3 Å². The summed E-state index contributed by atoms with van der Waals surface area (Å²) >= 11 is 0. The van der Waals surface area contributed by atoms with Gasteiger partial charge >= 0.3 is 6.03 Å². The minimum atomic E-state index is -0.144. The first-order chi connectivity index (χ1) is 9.62. The Labute approximate surface area is 120 Å². The molecule has 0 unspecified atom stereocenters. The molecule has 1 aromatic rings. The molecule has 112 valence electrons. The first kappa shape index (κ1) is 16.3. The average molecular weight is 280 g/mol. The molecule has 0 saturated carbocycles. The van der Waals surface area contributed by atoms with Crippen molar-refractivity contribution in [3.8, 4) is 5.75 Å². The van der Waals surface area contributed by atoms with Gasteiger partial charge in [0.25, 0.3) is 0 Å². The van der Waals surface area contributed by atoms with Crippen molar-refractivity contribution in [2.45, 2.75) is 26.8 Å². The molecule has 0 spiro atoms. The number of aliphatic hydroxyl groups is 1. The van der Waals surface area contributed by atoms with Crippen LogP contribution in [0.1, 0.15) is 24.5 Å². The highest BCUT2D eigenvalue weighted by Crippen LogP contribution is 2.18. The Balaban J connectivity index is 2.57. The van der Waals surface area contributed by atoms with E-state index < -0.39 is 0 Å². The first-order valence-electron chi connectivity index (χ1n) is 6.89. The number of urea groups is 1. The zero-order chi connectivity index (χ0) is 15.0. The van der Waals surface area contributed by atoms with Crippen molar-refractivity contribution in [2.75, 3.05) is 26.8 Å². The van der Waals surface area contributed by atoms with Gasteiger partial charge in [0.05, 0.1) is 13.7 Å². The third-order valence-corrected chi connectivity index (χ3v) is 3.05. The maximum atomic E-state index is 12.0. The number of methoxy groups -OCH3 is 1. The number of carbonyl (C=O) groups excluding carboxylic acids is 1. The molecule has 0 aliphatic carbocycles. The maximum absolute atomic E-state index is 12.0. The van der Waals surface area contributed by atoms with Crippen molar-refractivity contribution >= 4 is 6.03 Å². The van der Waals surface area contributed by atoms with Crippen LogP contribution >= 0.6 is 0 Å². The lowest BCUT2D eigenvalue weighted by atomic mass is 10.1. The second kappa shape index (κ2) is 8.43. The van der Waals surface area contributed by atoms with Crippen LogP contribution in [0.5, 0.6) is 5.75 Å². The molecule has 0 aromatic heterocycles. The summed E-state index contributed by atoms with van der Waals surface area (Å²) in [5.74, 6) is 0.841. The molecule has 0 heterocycles. The second-order valence-electron chi connectivity index (χ2n) is 4.67.